The van der Waals surface area contributed by atoms with E-state index in [9.17, 15) is 4.79 Å². The average molecular weight is 196 g/mol. The van der Waals surface area contributed by atoms with Crippen molar-refractivity contribution in [3.8, 4) is 0 Å². The molecule has 1 heterocycles. The first-order valence-electron chi connectivity index (χ1n) is 4.07. The van der Waals surface area contributed by atoms with Crippen molar-refractivity contribution in [1.29, 1.82) is 0 Å². The summed E-state index contributed by atoms with van der Waals surface area (Å²) in [5, 5.41) is 17.8. The first kappa shape index (κ1) is 10.6. The zero-order valence-corrected chi connectivity index (χ0v) is 7.77. The summed E-state index contributed by atoms with van der Waals surface area (Å²) < 4.78 is 0. The van der Waals surface area contributed by atoms with Crippen molar-refractivity contribution in [3.05, 3.63) is 29.6 Å². The number of carboxylic acid groups (broad SMARTS) is 1. The van der Waals surface area contributed by atoms with Gasteiger partial charge in [-0.3, -0.25) is 4.98 Å². The normalized spacial score (nSPS) is 14.8. The lowest BCUT2D eigenvalue weighted by atomic mass is 9.95. The molecule has 0 fully saturated rings. The summed E-state index contributed by atoms with van der Waals surface area (Å²) in [5.74, 6) is -1.10. The molecular weight excluding hydrogens is 184 g/mol. The lowest BCUT2D eigenvalue weighted by Gasteiger charge is -2.22. The number of aromatic nitrogens is 1. The molecule has 14 heavy (non-hydrogen) atoms. The Kier molecular flexibility index (Phi) is 2.83. The Morgan fingerprint density at radius 3 is 2.86 bits per heavy atom. The van der Waals surface area contributed by atoms with Crippen LogP contribution in [0.1, 0.15) is 23.0 Å². The van der Waals surface area contributed by atoms with Crippen LogP contribution in [0.4, 0.5) is 0 Å². The smallest absolute Gasteiger partial charge is 0.337 e. The Morgan fingerprint density at radius 1 is 1.71 bits per heavy atom. The molecule has 0 aromatic carbocycles. The second-order valence-electron chi connectivity index (χ2n) is 3.28. The molecule has 1 aromatic heterocycles. The third-order valence-electron chi connectivity index (χ3n) is 1.91. The quantitative estimate of drug-likeness (QED) is 0.629. The van der Waals surface area contributed by atoms with Gasteiger partial charge in [-0.05, 0) is 19.1 Å². The molecule has 0 aliphatic heterocycles. The van der Waals surface area contributed by atoms with E-state index >= 15 is 0 Å². The van der Waals surface area contributed by atoms with Crippen LogP contribution in [0.2, 0.25) is 0 Å². The molecule has 5 nitrogen and oxygen atoms in total. The highest BCUT2D eigenvalue weighted by molar-refractivity contribution is 5.89. The molecule has 0 radical (unpaired) electrons. The van der Waals surface area contributed by atoms with Crippen molar-refractivity contribution < 1.29 is 15.0 Å². The van der Waals surface area contributed by atoms with E-state index in [-0.39, 0.29) is 17.9 Å². The van der Waals surface area contributed by atoms with Crippen LogP contribution >= 0.6 is 0 Å². The molecule has 0 bridgehead atoms. The zero-order valence-electron chi connectivity index (χ0n) is 7.77. The average Bonchev–Trinajstić information content (AvgIpc) is 2.18. The Hall–Kier alpha value is -1.46. The van der Waals surface area contributed by atoms with E-state index in [2.05, 4.69) is 4.98 Å². The van der Waals surface area contributed by atoms with E-state index in [0.717, 1.165) is 0 Å². The minimum absolute atomic E-state index is 0.0200. The lowest BCUT2D eigenvalue weighted by Crippen LogP contribution is -2.39. The van der Waals surface area contributed by atoms with Gasteiger partial charge in [0.1, 0.15) is 0 Å². The summed E-state index contributed by atoms with van der Waals surface area (Å²) in [6, 6.07) is 2.92. The maximum absolute atomic E-state index is 10.8. The van der Waals surface area contributed by atoms with Gasteiger partial charge in [0.2, 0.25) is 0 Å². The van der Waals surface area contributed by atoms with E-state index in [4.69, 9.17) is 15.9 Å². The Bertz CT molecular complexity index is 350. The van der Waals surface area contributed by atoms with Crippen LogP contribution in [0.5, 0.6) is 0 Å². The number of nitrogens with zero attached hydrogens (tertiary/aromatic N) is 1. The molecule has 1 rings (SSSR count). The summed E-state index contributed by atoms with van der Waals surface area (Å²) in [6.07, 6.45) is 1.45. The molecule has 0 saturated carbocycles. The molecule has 0 spiro atoms. The summed E-state index contributed by atoms with van der Waals surface area (Å²) in [4.78, 5) is 14.7. The fourth-order valence-corrected chi connectivity index (χ4v) is 1.11. The van der Waals surface area contributed by atoms with E-state index in [1.54, 1.807) is 0 Å². The fourth-order valence-electron chi connectivity index (χ4n) is 1.11. The van der Waals surface area contributed by atoms with Gasteiger partial charge in [0, 0.05) is 6.20 Å². The standard InChI is InChI=1S/C9H12N2O3/c1-9(10,5-12)7-6(8(13)14)3-2-4-11-7/h2-4,12H,5,10H2,1H3,(H,13,14)/t9-/m1/s1. The molecule has 1 atom stereocenters. The minimum Gasteiger partial charge on any atom is -0.478 e. The first-order valence-corrected chi connectivity index (χ1v) is 4.07. The zero-order chi connectivity index (χ0) is 10.8. The lowest BCUT2D eigenvalue weighted by molar-refractivity contribution is 0.0691. The van der Waals surface area contributed by atoms with Crippen LogP contribution in [-0.4, -0.2) is 27.8 Å². The third-order valence-corrected chi connectivity index (χ3v) is 1.91. The maximum Gasteiger partial charge on any atom is 0.337 e. The van der Waals surface area contributed by atoms with Crippen molar-refractivity contribution >= 4 is 5.97 Å². The van der Waals surface area contributed by atoms with Gasteiger partial charge >= 0.3 is 5.97 Å². The topological polar surface area (TPSA) is 96.4 Å². The molecule has 4 N–H and O–H groups in total. The van der Waals surface area contributed by atoms with Gasteiger partial charge in [0.15, 0.2) is 0 Å². The number of carboxylic acids is 1. The number of hydrogen-bond donors (Lipinski definition) is 3. The van der Waals surface area contributed by atoms with Crippen LogP contribution in [0.3, 0.4) is 0 Å². The van der Waals surface area contributed by atoms with Crippen LogP contribution in [-0.2, 0) is 5.54 Å². The molecule has 0 saturated heterocycles. The van der Waals surface area contributed by atoms with Gasteiger partial charge in [-0.2, -0.15) is 0 Å². The summed E-state index contributed by atoms with van der Waals surface area (Å²) in [6.45, 7) is 1.17. The Balaban J connectivity index is 3.27. The third kappa shape index (κ3) is 1.89. The van der Waals surface area contributed by atoms with Crippen molar-refractivity contribution in [3.63, 3.8) is 0 Å². The minimum atomic E-state index is -1.13. The van der Waals surface area contributed by atoms with Crippen molar-refractivity contribution in [1.82, 2.24) is 4.98 Å². The molecule has 0 aliphatic rings. The number of pyridine rings is 1. The van der Waals surface area contributed by atoms with E-state index < -0.39 is 11.5 Å². The van der Waals surface area contributed by atoms with E-state index in [1.807, 2.05) is 0 Å². The second kappa shape index (κ2) is 3.73. The number of aromatic carboxylic acids is 1. The fraction of sp³-hybridized carbons (Fsp3) is 0.333. The van der Waals surface area contributed by atoms with Crippen molar-refractivity contribution in [2.45, 2.75) is 12.5 Å². The first-order chi connectivity index (χ1) is 6.49. The summed E-state index contributed by atoms with van der Waals surface area (Å²) in [5.41, 5.74) is 4.78. The Labute approximate surface area is 81.2 Å². The van der Waals surface area contributed by atoms with Gasteiger partial charge in [0.25, 0.3) is 0 Å². The highest BCUT2D eigenvalue weighted by Crippen LogP contribution is 2.18. The highest BCUT2D eigenvalue weighted by Gasteiger charge is 2.27. The molecule has 0 unspecified atom stereocenters. The molecule has 0 aliphatic carbocycles. The SMILES string of the molecule is C[C@@](N)(CO)c1ncccc1C(=O)O. The van der Waals surface area contributed by atoms with Gasteiger partial charge in [-0.15, -0.1) is 0 Å². The monoisotopic (exact) mass is 196 g/mol. The molecule has 1 aromatic rings. The highest BCUT2D eigenvalue weighted by atomic mass is 16.4. The van der Waals surface area contributed by atoms with E-state index in [1.165, 1.54) is 25.3 Å². The number of hydrogen-bond acceptors (Lipinski definition) is 4. The van der Waals surface area contributed by atoms with Crippen molar-refractivity contribution in [2.24, 2.45) is 5.73 Å². The Morgan fingerprint density at radius 2 is 2.36 bits per heavy atom. The number of aliphatic hydroxyl groups is 1. The summed E-state index contributed by atoms with van der Waals surface area (Å²) in [7, 11) is 0. The predicted molar refractivity (Wildman–Crippen MR) is 49.8 cm³/mol. The van der Waals surface area contributed by atoms with Gasteiger partial charge in [0.05, 0.1) is 23.4 Å². The van der Waals surface area contributed by atoms with E-state index in [0.29, 0.717) is 0 Å². The summed E-state index contributed by atoms with van der Waals surface area (Å²) >= 11 is 0. The maximum atomic E-state index is 10.8. The molecule has 5 heteroatoms. The van der Waals surface area contributed by atoms with Gasteiger partial charge in [-0.25, -0.2) is 4.79 Å². The van der Waals surface area contributed by atoms with Gasteiger partial charge in [-0.1, -0.05) is 0 Å². The number of nitrogens with two attached hydrogens (primary N) is 1. The van der Waals surface area contributed by atoms with Crippen LogP contribution in [0.25, 0.3) is 0 Å². The predicted octanol–water partition coefficient (Wildman–Crippen LogP) is -0.0540. The second-order valence-corrected chi connectivity index (χ2v) is 3.28. The van der Waals surface area contributed by atoms with Crippen LogP contribution < -0.4 is 5.73 Å². The van der Waals surface area contributed by atoms with Gasteiger partial charge < -0.3 is 15.9 Å². The number of aliphatic hydroxyl groups excluding tert-OH is 1. The van der Waals surface area contributed by atoms with Crippen molar-refractivity contribution in [2.75, 3.05) is 6.61 Å². The number of rotatable bonds is 3. The van der Waals surface area contributed by atoms with Crippen LogP contribution in [0, 0.1) is 0 Å². The number of carbonyl (C=O) groups is 1. The molecular formula is C9H12N2O3. The largest absolute Gasteiger partial charge is 0.478 e. The van der Waals surface area contributed by atoms with Crippen LogP contribution in [0.15, 0.2) is 18.3 Å². The molecule has 76 valence electrons. The molecule has 0 amide bonds.